The van der Waals surface area contributed by atoms with Crippen LogP contribution in [-0.4, -0.2) is 20.5 Å². The molecule has 0 N–H and O–H groups in total. The molecular formula is C25H23N3OS. The maximum absolute atomic E-state index is 13.7. The lowest BCUT2D eigenvalue weighted by Gasteiger charge is -2.26. The number of rotatable bonds is 8. The molecule has 4 aromatic rings. The molecule has 0 spiro atoms. The Morgan fingerprint density at radius 1 is 0.933 bits per heavy atom. The van der Waals surface area contributed by atoms with Crippen molar-refractivity contribution in [2.24, 2.45) is 5.92 Å². The molecule has 0 fully saturated rings. The highest BCUT2D eigenvalue weighted by Gasteiger charge is 2.32. The third kappa shape index (κ3) is 4.86. The van der Waals surface area contributed by atoms with Crippen molar-refractivity contribution in [3.8, 4) is 0 Å². The van der Waals surface area contributed by atoms with Crippen LogP contribution in [0, 0.1) is 12.8 Å². The number of benzene rings is 3. The quantitative estimate of drug-likeness (QED) is 0.278. The van der Waals surface area contributed by atoms with Crippen molar-refractivity contribution < 1.29 is 4.79 Å². The Kier molecular flexibility index (Phi) is 6.40. The summed E-state index contributed by atoms with van der Waals surface area (Å²) in [5.41, 5.74) is 3.04. The second-order valence-corrected chi connectivity index (χ2v) is 8.43. The molecule has 1 aromatic heterocycles. The minimum Gasteiger partial charge on any atom is -0.294 e. The Bertz CT molecular complexity index is 1060. The normalized spacial score (nSPS) is 13.0. The van der Waals surface area contributed by atoms with Gasteiger partial charge >= 0.3 is 0 Å². The highest BCUT2D eigenvalue weighted by Crippen LogP contribution is 2.42. The van der Waals surface area contributed by atoms with Gasteiger partial charge in [0.2, 0.25) is 0 Å². The topological polar surface area (TPSA) is 47.8 Å². The van der Waals surface area contributed by atoms with E-state index in [4.69, 9.17) is 0 Å². The van der Waals surface area contributed by atoms with E-state index in [1.54, 1.807) is 22.8 Å². The minimum atomic E-state index is -0.304. The number of ketones is 1. The molecule has 0 saturated heterocycles. The van der Waals surface area contributed by atoms with Crippen LogP contribution >= 0.6 is 11.8 Å². The average molecular weight is 414 g/mol. The van der Waals surface area contributed by atoms with E-state index < -0.39 is 0 Å². The third-order valence-corrected chi connectivity index (χ3v) is 6.42. The number of thioether (sulfide) groups is 1. The lowest BCUT2D eigenvalue weighted by atomic mass is 9.90. The molecule has 0 saturated carbocycles. The lowest BCUT2D eigenvalue weighted by molar-refractivity contribution is 0.0901. The minimum absolute atomic E-state index is 0.0649. The van der Waals surface area contributed by atoms with Crippen molar-refractivity contribution in [2.45, 2.75) is 23.6 Å². The van der Waals surface area contributed by atoms with Crippen molar-refractivity contribution in [2.75, 3.05) is 0 Å². The first kappa shape index (κ1) is 20.1. The van der Waals surface area contributed by atoms with E-state index in [9.17, 15) is 4.79 Å². The van der Waals surface area contributed by atoms with Crippen molar-refractivity contribution >= 4 is 17.5 Å². The van der Waals surface area contributed by atoms with E-state index in [0.717, 1.165) is 10.5 Å². The second-order valence-electron chi connectivity index (χ2n) is 7.22. The van der Waals surface area contributed by atoms with Crippen LogP contribution in [-0.2, 0) is 6.54 Å². The molecule has 150 valence electrons. The molecule has 0 aliphatic heterocycles. The molecular weight excluding hydrogens is 390 g/mol. The van der Waals surface area contributed by atoms with Gasteiger partial charge < -0.3 is 0 Å². The summed E-state index contributed by atoms with van der Waals surface area (Å²) >= 11 is 1.72. The van der Waals surface area contributed by atoms with E-state index in [1.165, 1.54) is 11.9 Å². The molecule has 4 nitrogen and oxygen atoms in total. The summed E-state index contributed by atoms with van der Waals surface area (Å²) in [5, 5.41) is 4.21. The van der Waals surface area contributed by atoms with Gasteiger partial charge in [-0.1, -0.05) is 78.4 Å². The molecule has 0 radical (unpaired) electrons. The summed E-state index contributed by atoms with van der Waals surface area (Å²) < 4.78 is 1.75. The van der Waals surface area contributed by atoms with Gasteiger partial charge in [-0.3, -0.25) is 9.48 Å². The van der Waals surface area contributed by atoms with E-state index in [2.05, 4.69) is 53.4 Å². The van der Waals surface area contributed by atoms with Gasteiger partial charge in [-0.25, -0.2) is 4.98 Å². The molecule has 0 aliphatic rings. The fourth-order valence-corrected chi connectivity index (χ4v) is 4.72. The summed E-state index contributed by atoms with van der Waals surface area (Å²) in [6.07, 6.45) is 3.18. The SMILES string of the molecule is Cc1ccc([C@H](Sc2ccccc2)[C@@H](Cn2cncn2)C(=O)c2ccccc2)cc1. The summed E-state index contributed by atoms with van der Waals surface area (Å²) in [6.45, 7) is 2.54. The van der Waals surface area contributed by atoms with Gasteiger partial charge in [0.15, 0.2) is 5.78 Å². The number of aromatic nitrogens is 3. The molecule has 30 heavy (non-hydrogen) atoms. The molecule has 4 rings (SSSR count). The van der Waals surface area contributed by atoms with E-state index in [1.807, 2.05) is 48.5 Å². The van der Waals surface area contributed by atoms with Gasteiger partial charge in [-0.2, -0.15) is 5.10 Å². The van der Waals surface area contributed by atoms with Gasteiger partial charge in [0.25, 0.3) is 0 Å². The Hall–Kier alpha value is -3.18. The van der Waals surface area contributed by atoms with Gasteiger partial charge in [-0.15, -0.1) is 11.8 Å². The van der Waals surface area contributed by atoms with Crippen LogP contribution in [0.15, 0.2) is 102 Å². The van der Waals surface area contributed by atoms with E-state index in [0.29, 0.717) is 12.1 Å². The maximum Gasteiger partial charge on any atom is 0.169 e. The predicted molar refractivity (Wildman–Crippen MR) is 121 cm³/mol. The molecule has 0 aliphatic carbocycles. The summed E-state index contributed by atoms with van der Waals surface area (Å²) in [6, 6.07) is 28.2. The Labute approximate surface area is 181 Å². The molecule has 2 atom stereocenters. The highest BCUT2D eigenvalue weighted by molar-refractivity contribution is 7.99. The Morgan fingerprint density at radius 3 is 2.23 bits per heavy atom. The first-order chi connectivity index (χ1) is 14.7. The van der Waals surface area contributed by atoms with Crippen LogP contribution in [0.25, 0.3) is 0 Å². The summed E-state index contributed by atoms with van der Waals surface area (Å²) in [4.78, 5) is 18.9. The van der Waals surface area contributed by atoms with Crippen LogP contribution in [0.3, 0.4) is 0 Å². The van der Waals surface area contributed by atoms with Gasteiger partial charge in [0, 0.05) is 15.7 Å². The van der Waals surface area contributed by atoms with Crippen molar-refractivity contribution in [3.05, 3.63) is 114 Å². The zero-order valence-electron chi connectivity index (χ0n) is 16.8. The molecule has 0 amide bonds. The number of carbonyl (C=O) groups excluding carboxylic acids is 1. The van der Waals surface area contributed by atoms with Crippen LogP contribution in [0.1, 0.15) is 26.7 Å². The van der Waals surface area contributed by atoms with Gasteiger partial charge in [0.05, 0.1) is 12.5 Å². The average Bonchev–Trinajstić information content (AvgIpc) is 3.31. The van der Waals surface area contributed by atoms with Crippen molar-refractivity contribution in [1.82, 2.24) is 14.8 Å². The highest BCUT2D eigenvalue weighted by atomic mass is 32.2. The molecule has 5 heteroatoms. The maximum atomic E-state index is 13.7. The smallest absolute Gasteiger partial charge is 0.169 e. The van der Waals surface area contributed by atoms with Gasteiger partial charge in [0.1, 0.15) is 12.7 Å². The van der Waals surface area contributed by atoms with E-state index >= 15 is 0 Å². The number of Topliss-reactive ketones (excluding diaryl/α,β-unsaturated/α-hetero) is 1. The summed E-state index contributed by atoms with van der Waals surface area (Å²) in [5.74, 6) is -0.192. The van der Waals surface area contributed by atoms with Crippen LogP contribution in [0.4, 0.5) is 0 Å². The number of aryl methyl sites for hydroxylation is 1. The molecule has 0 bridgehead atoms. The molecule has 1 heterocycles. The number of hydrogen-bond donors (Lipinski definition) is 0. The van der Waals surface area contributed by atoms with Crippen LogP contribution in [0.2, 0.25) is 0 Å². The Balaban J connectivity index is 1.76. The first-order valence-corrected chi connectivity index (χ1v) is 10.8. The predicted octanol–water partition coefficient (Wildman–Crippen LogP) is 5.62. The van der Waals surface area contributed by atoms with Gasteiger partial charge in [-0.05, 0) is 24.6 Å². The standard InChI is InChI=1S/C25H23N3OS/c1-19-12-14-21(15-13-19)25(30-22-10-6-3-7-11-22)23(16-28-18-26-17-27-28)24(29)20-8-4-2-5-9-20/h2-15,17-18,23,25H,16H2,1H3/t23-,25-/m0/s1. The first-order valence-electron chi connectivity index (χ1n) is 9.90. The van der Waals surface area contributed by atoms with Crippen LogP contribution in [0.5, 0.6) is 0 Å². The number of carbonyl (C=O) groups is 1. The van der Waals surface area contributed by atoms with Crippen molar-refractivity contribution in [3.63, 3.8) is 0 Å². The van der Waals surface area contributed by atoms with E-state index in [-0.39, 0.29) is 17.0 Å². The number of hydrogen-bond acceptors (Lipinski definition) is 4. The fourth-order valence-electron chi connectivity index (χ4n) is 3.45. The second kappa shape index (κ2) is 9.55. The Morgan fingerprint density at radius 2 is 1.60 bits per heavy atom. The summed E-state index contributed by atoms with van der Waals surface area (Å²) in [7, 11) is 0. The zero-order valence-corrected chi connectivity index (χ0v) is 17.6. The molecule has 0 unspecified atom stereocenters. The monoisotopic (exact) mass is 413 g/mol. The largest absolute Gasteiger partial charge is 0.294 e. The number of nitrogens with zero attached hydrogens (tertiary/aromatic N) is 3. The molecule has 3 aromatic carbocycles. The lowest BCUT2D eigenvalue weighted by Crippen LogP contribution is -2.26. The van der Waals surface area contributed by atoms with Crippen molar-refractivity contribution in [1.29, 1.82) is 0 Å². The fraction of sp³-hybridized carbons (Fsp3) is 0.160. The third-order valence-electron chi connectivity index (χ3n) is 5.02. The zero-order chi connectivity index (χ0) is 20.8. The van der Waals surface area contributed by atoms with Crippen LogP contribution < -0.4 is 0 Å².